The van der Waals surface area contributed by atoms with Gasteiger partial charge < -0.3 is 48.4 Å². The minimum Gasteiger partial charge on any atom is -0.490 e. The summed E-state index contributed by atoms with van der Waals surface area (Å²) in [7, 11) is 3.39. The van der Waals surface area contributed by atoms with E-state index in [1.807, 2.05) is 100 Å². The fourth-order valence-electron chi connectivity index (χ4n) is 9.81. The molecule has 3 aromatic carbocycles. The fourth-order valence-corrected chi connectivity index (χ4v) is 16.2. The number of thioether (sulfide) groups is 4. The van der Waals surface area contributed by atoms with Crippen molar-refractivity contribution in [3.63, 3.8) is 0 Å². The smallest absolute Gasteiger partial charge is 0.305 e. The van der Waals surface area contributed by atoms with Crippen LogP contribution in [0.5, 0.6) is 23.0 Å². The van der Waals surface area contributed by atoms with E-state index in [1.54, 1.807) is 21.6 Å². The van der Waals surface area contributed by atoms with Gasteiger partial charge in [-0.25, -0.2) is 29.9 Å². The Labute approximate surface area is 588 Å². The van der Waals surface area contributed by atoms with Crippen LogP contribution in [0.25, 0.3) is 63.8 Å². The third-order valence-electron chi connectivity index (χ3n) is 13.8. The Balaban J connectivity index is 1.39. The number of nitrogens with zero attached hydrogens (tertiary/aromatic N) is 6. The second-order valence-electron chi connectivity index (χ2n) is 23.8. The summed E-state index contributed by atoms with van der Waals surface area (Å²) in [4.78, 5) is 96.4. The summed E-state index contributed by atoms with van der Waals surface area (Å²) in [6.07, 6.45) is 4.08. The van der Waals surface area contributed by atoms with Crippen LogP contribution in [0.4, 0.5) is 0 Å². The Morgan fingerprint density at radius 2 is 0.740 bits per heavy atom. The maximum atomic E-state index is 13.5. The lowest BCUT2D eigenvalue weighted by Gasteiger charge is -2.15. The standard InChI is InChI=1S/C70H91N9O11S6/c1-13-33-84-52(81)21-17-37-92-60-59(91-36-16-20-51(80)71-32-40-95-96-46-26-24-45(12)25-27-46)67-74-63-55-47(87-41(4)5)28-29-48(88-42(6)7)56(55)65(72-63)76-69-61(93-38-18-22-53(82)85-34-14-2)62(94-39-19-23-54(83)86-35-15-3)70(79-69)77-66-58-50(90-44(10)11)31-30-49(89-43(8)9)57(58)64(73-66)75-68(60)78-67/h24-31,41-44H,13-23,32-40H2,1-12H3,(H,71,80)(H2,72,73,74,75,76,77,78,79). The Hall–Kier alpha value is -6.32. The maximum absolute atomic E-state index is 13.5. The number of hydrogen-bond donors (Lipinski definition) is 3. The van der Waals surface area contributed by atoms with Gasteiger partial charge in [-0.15, -0.1) is 47.0 Å². The van der Waals surface area contributed by atoms with Crippen LogP contribution in [0.1, 0.15) is 176 Å². The van der Waals surface area contributed by atoms with Crippen LogP contribution >= 0.6 is 68.6 Å². The molecule has 0 saturated heterocycles. The molecular formula is C70H91N9O11S6. The van der Waals surface area contributed by atoms with E-state index in [4.69, 9.17) is 63.1 Å². The molecule has 0 fully saturated rings. The first-order valence-electron chi connectivity index (χ1n) is 33.3. The Kier molecular flexibility index (Phi) is 30.0. The molecule has 1 amide bonds. The minimum atomic E-state index is -0.271. The van der Waals surface area contributed by atoms with E-state index in [0.29, 0.717) is 192 Å². The van der Waals surface area contributed by atoms with E-state index < -0.39 is 0 Å². The monoisotopic (exact) mass is 1430 g/mol. The molecule has 8 bridgehead atoms. The first kappa shape index (κ1) is 75.5. The first-order valence-corrected chi connectivity index (χ1v) is 39.5. The minimum absolute atomic E-state index is 0.0407. The highest BCUT2D eigenvalue weighted by Gasteiger charge is 2.30. The lowest BCUT2D eigenvalue weighted by atomic mass is 10.1. The molecular weight excluding hydrogens is 1340 g/mol. The molecule has 0 spiro atoms. The zero-order chi connectivity index (χ0) is 68.7. The molecule has 0 saturated carbocycles. The molecule has 20 nitrogen and oxygen atoms in total. The third kappa shape index (κ3) is 21.8. The van der Waals surface area contributed by atoms with Crippen LogP contribution in [-0.4, -0.2) is 143 Å². The lowest BCUT2D eigenvalue weighted by molar-refractivity contribution is -0.144. The number of aromatic nitrogens is 8. The largest absolute Gasteiger partial charge is 0.490 e. The van der Waals surface area contributed by atoms with Gasteiger partial charge in [0.15, 0.2) is 23.3 Å². The summed E-state index contributed by atoms with van der Waals surface area (Å²) < 4.78 is 43.1. The van der Waals surface area contributed by atoms with Gasteiger partial charge in [0.25, 0.3) is 0 Å². The van der Waals surface area contributed by atoms with Gasteiger partial charge >= 0.3 is 17.9 Å². The number of ether oxygens (including phenoxy) is 7. The Morgan fingerprint density at radius 3 is 1.04 bits per heavy atom. The summed E-state index contributed by atoms with van der Waals surface area (Å²) in [5.41, 5.74) is 2.69. The van der Waals surface area contributed by atoms with Crippen LogP contribution in [0.15, 0.2) is 53.4 Å². The van der Waals surface area contributed by atoms with E-state index in [1.165, 1.54) is 57.5 Å². The van der Waals surface area contributed by atoms with E-state index in [2.05, 4.69) is 46.5 Å². The number of hydrogen-bond acceptors (Lipinski definition) is 23. The second-order valence-corrected chi connectivity index (χ2v) is 30.7. The zero-order valence-electron chi connectivity index (χ0n) is 57.2. The average Bonchev–Trinajstić information content (AvgIpc) is 1.59. The number of carbonyl (C=O) groups is 4. The number of amides is 1. The van der Waals surface area contributed by atoms with E-state index in [-0.39, 0.29) is 67.5 Å². The van der Waals surface area contributed by atoms with Crippen molar-refractivity contribution in [2.24, 2.45) is 0 Å². The summed E-state index contributed by atoms with van der Waals surface area (Å²) in [5, 5.41) is 5.46. The van der Waals surface area contributed by atoms with E-state index in [0.717, 1.165) is 25.0 Å². The summed E-state index contributed by atoms with van der Waals surface area (Å²) in [6, 6.07) is 15.9. The zero-order valence-corrected chi connectivity index (χ0v) is 62.1. The van der Waals surface area contributed by atoms with Gasteiger partial charge in [-0.3, -0.25) is 19.2 Å². The Morgan fingerprint density at radius 1 is 0.427 bits per heavy atom. The summed E-state index contributed by atoms with van der Waals surface area (Å²) in [6.45, 7) is 25.2. The van der Waals surface area contributed by atoms with E-state index in [9.17, 15) is 19.2 Å². The molecule has 8 rings (SSSR count). The molecule has 3 aromatic heterocycles. The van der Waals surface area contributed by atoms with Crippen LogP contribution in [-0.2, 0) is 33.4 Å². The number of nitrogens with one attached hydrogen (secondary N) is 3. The highest BCUT2D eigenvalue weighted by molar-refractivity contribution is 8.76. The SMILES string of the molecule is CCCOC(=O)CCCSC1=C(SCCCC(=O)NCCSSc2ccc(C)cc2)c2nc1nc1[nH]c(nc3nc(nc4[nH]c(n2)c2c(OC(C)C)ccc(OC(C)C)c42)C(SCCCC(=O)OCCC)=C3SCCCC(=O)OCCC)c2c(OC(C)C)ccc(OC(C)C)c12. The summed E-state index contributed by atoms with van der Waals surface area (Å²) in [5.74, 6) is 5.31. The molecule has 5 heterocycles. The first-order chi connectivity index (χ1) is 46.3. The van der Waals surface area contributed by atoms with Gasteiger partial charge in [0.05, 0.1) is 85.4 Å². The highest BCUT2D eigenvalue weighted by atomic mass is 33.1. The van der Waals surface area contributed by atoms with Gasteiger partial charge in [-0.05, 0) is 167 Å². The lowest BCUT2D eigenvalue weighted by Crippen LogP contribution is -2.25. The normalized spacial score (nSPS) is 12.5. The number of esters is 3. The van der Waals surface area contributed by atoms with Crippen molar-refractivity contribution in [3.05, 3.63) is 77.4 Å². The molecule has 2 aliphatic heterocycles. The quantitative estimate of drug-likeness (QED) is 0.0140. The van der Waals surface area contributed by atoms with Gasteiger partial charge in [-0.2, -0.15) is 0 Å². The number of aryl methyl sites for hydroxylation is 1. The topological polar surface area (TPSA) is 254 Å². The van der Waals surface area contributed by atoms with Crippen LogP contribution in [0.3, 0.4) is 0 Å². The van der Waals surface area contributed by atoms with Crippen molar-refractivity contribution in [1.29, 1.82) is 0 Å². The molecule has 0 aliphatic carbocycles. The van der Waals surface area contributed by atoms with Gasteiger partial charge in [0.2, 0.25) is 5.91 Å². The van der Waals surface area contributed by atoms with Crippen molar-refractivity contribution in [2.45, 2.75) is 183 Å². The van der Waals surface area contributed by atoms with E-state index >= 15 is 0 Å². The molecule has 0 radical (unpaired) electrons. The van der Waals surface area contributed by atoms with Crippen LogP contribution in [0.2, 0.25) is 0 Å². The molecule has 3 N–H and O–H groups in total. The number of benzene rings is 3. The number of fused-ring (bicyclic) bond motifs is 14. The molecule has 96 heavy (non-hydrogen) atoms. The van der Waals surface area contributed by atoms with Crippen LogP contribution in [0, 0.1) is 6.92 Å². The molecule has 26 heteroatoms. The third-order valence-corrected chi connectivity index (χ3v) is 21.2. The van der Waals surface area contributed by atoms with Crippen molar-refractivity contribution in [2.75, 3.05) is 55.1 Å². The number of rotatable bonds is 39. The molecule has 2 aliphatic rings. The van der Waals surface area contributed by atoms with Gasteiger partial charge in [-0.1, -0.05) is 60.1 Å². The van der Waals surface area contributed by atoms with Crippen LogP contribution < -0.4 is 24.3 Å². The van der Waals surface area contributed by atoms with Crippen molar-refractivity contribution in [1.82, 2.24) is 45.2 Å². The molecule has 0 atom stereocenters. The molecule has 6 aromatic rings. The molecule has 518 valence electrons. The number of aromatic amines is 2. The fraction of sp³-hybridized carbons (Fsp3) is 0.514. The predicted octanol–water partition coefficient (Wildman–Crippen LogP) is 16.8. The average molecular weight is 1430 g/mol. The van der Waals surface area contributed by atoms with Crippen molar-refractivity contribution in [3.8, 4) is 23.0 Å². The highest BCUT2D eigenvalue weighted by Crippen LogP contribution is 2.48. The van der Waals surface area contributed by atoms with Gasteiger partial charge in [0, 0.05) is 42.9 Å². The predicted molar refractivity (Wildman–Crippen MR) is 397 cm³/mol. The summed E-state index contributed by atoms with van der Waals surface area (Å²) >= 11 is 6.07. The number of H-pyrrole nitrogens is 2. The van der Waals surface area contributed by atoms with Crippen molar-refractivity contribution < 1.29 is 52.3 Å². The number of carbonyl (C=O) groups excluding carboxylic acids is 4. The molecule has 0 unspecified atom stereocenters. The second kappa shape index (κ2) is 38.1. The van der Waals surface area contributed by atoms with Gasteiger partial charge in [0.1, 0.15) is 45.6 Å². The van der Waals surface area contributed by atoms with Crippen molar-refractivity contribution >= 4 is 156 Å². The Bertz CT molecular complexity index is 3890. The maximum Gasteiger partial charge on any atom is 0.305 e.